The van der Waals surface area contributed by atoms with Gasteiger partial charge in [0.1, 0.15) is 10.8 Å². The van der Waals surface area contributed by atoms with Gasteiger partial charge in [-0.3, -0.25) is 10.1 Å². The molecular formula is C18H23N3O2S. The lowest BCUT2D eigenvalue weighted by Crippen LogP contribution is -2.20. The molecule has 0 spiro atoms. The lowest BCUT2D eigenvalue weighted by Gasteiger charge is -2.18. The van der Waals surface area contributed by atoms with Gasteiger partial charge in [-0.2, -0.15) is 0 Å². The summed E-state index contributed by atoms with van der Waals surface area (Å²) in [6, 6.07) is 5.90. The molecule has 2 aromatic rings. The summed E-state index contributed by atoms with van der Waals surface area (Å²) in [7, 11) is 0. The number of amides is 1. The van der Waals surface area contributed by atoms with Gasteiger partial charge >= 0.3 is 0 Å². The Morgan fingerprint density at radius 1 is 1.25 bits per heavy atom. The molecule has 1 heterocycles. The number of aromatic nitrogens is 2. The molecule has 1 amide bonds. The van der Waals surface area contributed by atoms with Crippen molar-refractivity contribution in [3.63, 3.8) is 0 Å². The van der Waals surface area contributed by atoms with Crippen LogP contribution >= 0.6 is 11.3 Å². The Kier molecular flexibility index (Phi) is 5.45. The van der Waals surface area contributed by atoms with Crippen LogP contribution in [-0.2, 0) is 4.79 Å². The Morgan fingerprint density at radius 3 is 2.79 bits per heavy atom. The molecule has 128 valence electrons. The minimum Gasteiger partial charge on any atom is -0.483 e. The summed E-state index contributed by atoms with van der Waals surface area (Å²) >= 11 is 1.48. The first-order valence-corrected chi connectivity index (χ1v) is 9.27. The number of ether oxygens (including phenoxy) is 1. The van der Waals surface area contributed by atoms with E-state index in [0.717, 1.165) is 16.3 Å². The summed E-state index contributed by atoms with van der Waals surface area (Å²) in [4.78, 5) is 12.1. The molecule has 24 heavy (non-hydrogen) atoms. The molecule has 0 atom stereocenters. The molecule has 1 fully saturated rings. The molecule has 1 aromatic heterocycles. The second-order valence-corrected chi connectivity index (χ2v) is 7.40. The van der Waals surface area contributed by atoms with Crippen LogP contribution in [0.4, 0.5) is 5.13 Å². The topological polar surface area (TPSA) is 64.1 Å². The van der Waals surface area contributed by atoms with E-state index in [1.165, 1.54) is 49.0 Å². The monoisotopic (exact) mass is 345 g/mol. The Hall–Kier alpha value is -1.95. The van der Waals surface area contributed by atoms with Crippen molar-refractivity contribution in [2.75, 3.05) is 11.9 Å². The zero-order valence-corrected chi connectivity index (χ0v) is 15.0. The van der Waals surface area contributed by atoms with Crippen molar-refractivity contribution in [3.8, 4) is 5.75 Å². The van der Waals surface area contributed by atoms with E-state index in [9.17, 15) is 4.79 Å². The summed E-state index contributed by atoms with van der Waals surface area (Å²) < 4.78 is 5.59. The number of benzene rings is 1. The lowest BCUT2D eigenvalue weighted by atomic mass is 9.90. The number of hydrogen-bond donors (Lipinski definition) is 1. The molecule has 5 nitrogen and oxygen atoms in total. The standard InChI is InChI=1S/C18H23N3O2S/c1-12-8-9-15(13(2)10-12)23-11-16(22)19-18-21-20-17(24-18)14-6-4-3-5-7-14/h8-10,14H,3-7,11H2,1-2H3,(H,19,21,22). The van der Waals surface area contributed by atoms with Crippen LogP contribution in [0.15, 0.2) is 18.2 Å². The Bertz CT molecular complexity index is 708. The fourth-order valence-electron chi connectivity index (χ4n) is 3.06. The maximum atomic E-state index is 12.1. The smallest absolute Gasteiger partial charge is 0.264 e. The SMILES string of the molecule is Cc1ccc(OCC(=O)Nc2nnc(C3CCCCC3)s2)c(C)c1. The molecule has 1 aromatic carbocycles. The molecule has 0 radical (unpaired) electrons. The summed E-state index contributed by atoms with van der Waals surface area (Å²) in [5, 5.41) is 12.7. The number of carbonyl (C=O) groups is 1. The molecule has 1 N–H and O–H groups in total. The van der Waals surface area contributed by atoms with Crippen LogP contribution in [0.5, 0.6) is 5.75 Å². The second-order valence-electron chi connectivity index (χ2n) is 6.39. The molecule has 1 aliphatic rings. The van der Waals surface area contributed by atoms with Gasteiger partial charge in [-0.05, 0) is 38.3 Å². The van der Waals surface area contributed by atoms with Crippen LogP contribution in [0.25, 0.3) is 0 Å². The number of nitrogens with zero attached hydrogens (tertiary/aromatic N) is 2. The highest BCUT2D eigenvalue weighted by atomic mass is 32.1. The van der Waals surface area contributed by atoms with Crippen molar-refractivity contribution < 1.29 is 9.53 Å². The number of carbonyl (C=O) groups excluding carboxylic acids is 1. The van der Waals surface area contributed by atoms with Gasteiger partial charge in [-0.1, -0.05) is 48.3 Å². The molecule has 0 aliphatic heterocycles. The van der Waals surface area contributed by atoms with Crippen molar-refractivity contribution in [2.24, 2.45) is 0 Å². The molecular weight excluding hydrogens is 322 g/mol. The number of hydrogen-bond acceptors (Lipinski definition) is 5. The van der Waals surface area contributed by atoms with E-state index in [2.05, 4.69) is 15.5 Å². The van der Waals surface area contributed by atoms with E-state index in [-0.39, 0.29) is 12.5 Å². The Balaban J connectivity index is 1.52. The van der Waals surface area contributed by atoms with Crippen molar-refractivity contribution in [3.05, 3.63) is 34.3 Å². The van der Waals surface area contributed by atoms with Gasteiger partial charge in [-0.15, -0.1) is 10.2 Å². The highest BCUT2D eigenvalue weighted by Crippen LogP contribution is 2.35. The van der Waals surface area contributed by atoms with Crippen LogP contribution in [0.2, 0.25) is 0 Å². The molecule has 0 unspecified atom stereocenters. The molecule has 6 heteroatoms. The van der Waals surface area contributed by atoms with Gasteiger partial charge in [0.15, 0.2) is 6.61 Å². The number of anilines is 1. The summed E-state index contributed by atoms with van der Waals surface area (Å²) in [6.07, 6.45) is 6.19. The second kappa shape index (κ2) is 7.75. The van der Waals surface area contributed by atoms with Crippen molar-refractivity contribution in [1.29, 1.82) is 0 Å². The van der Waals surface area contributed by atoms with E-state index in [4.69, 9.17) is 4.74 Å². The van der Waals surface area contributed by atoms with Gasteiger partial charge in [0, 0.05) is 5.92 Å². The predicted octanol–water partition coefficient (Wildman–Crippen LogP) is 4.22. The maximum absolute atomic E-state index is 12.1. The number of nitrogens with one attached hydrogen (secondary N) is 1. The van der Waals surface area contributed by atoms with E-state index in [0.29, 0.717) is 11.0 Å². The maximum Gasteiger partial charge on any atom is 0.264 e. The van der Waals surface area contributed by atoms with Gasteiger partial charge in [0.05, 0.1) is 0 Å². The third-order valence-corrected chi connectivity index (χ3v) is 5.33. The minimum atomic E-state index is -0.207. The van der Waals surface area contributed by atoms with Crippen molar-refractivity contribution in [1.82, 2.24) is 10.2 Å². The third kappa shape index (κ3) is 4.32. The molecule has 1 saturated carbocycles. The zero-order valence-electron chi connectivity index (χ0n) is 14.2. The number of aryl methyl sites for hydroxylation is 2. The molecule has 0 saturated heterocycles. The van der Waals surface area contributed by atoms with Crippen LogP contribution in [0.3, 0.4) is 0 Å². The Labute approximate surface area is 146 Å². The number of rotatable bonds is 5. The summed E-state index contributed by atoms with van der Waals surface area (Å²) in [5.41, 5.74) is 2.20. The van der Waals surface area contributed by atoms with E-state index in [1.807, 2.05) is 32.0 Å². The first-order valence-electron chi connectivity index (χ1n) is 8.45. The van der Waals surface area contributed by atoms with Crippen molar-refractivity contribution >= 4 is 22.4 Å². The average molecular weight is 345 g/mol. The third-order valence-electron chi connectivity index (χ3n) is 4.33. The van der Waals surface area contributed by atoms with Gasteiger partial charge in [-0.25, -0.2) is 0 Å². The highest BCUT2D eigenvalue weighted by molar-refractivity contribution is 7.15. The van der Waals surface area contributed by atoms with Gasteiger partial charge < -0.3 is 4.74 Å². The van der Waals surface area contributed by atoms with E-state index >= 15 is 0 Å². The largest absolute Gasteiger partial charge is 0.483 e. The van der Waals surface area contributed by atoms with E-state index < -0.39 is 0 Å². The van der Waals surface area contributed by atoms with Crippen LogP contribution in [0, 0.1) is 13.8 Å². The quantitative estimate of drug-likeness (QED) is 0.881. The Morgan fingerprint density at radius 2 is 2.04 bits per heavy atom. The highest BCUT2D eigenvalue weighted by Gasteiger charge is 2.20. The average Bonchev–Trinajstić information content (AvgIpc) is 3.03. The predicted molar refractivity (Wildman–Crippen MR) is 95.8 cm³/mol. The summed E-state index contributed by atoms with van der Waals surface area (Å²) in [5.74, 6) is 1.03. The zero-order chi connectivity index (χ0) is 16.9. The molecule has 1 aliphatic carbocycles. The minimum absolute atomic E-state index is 0.0256. The van der Waals surface area contributed by atoms with Gasteiger partial charge in [0.25, 0.3) is 5.91 Å². The van der Waals surface area contributed by atoms with Crippen LogP contribution in [-0.4, -0.2) is 22.7 Å². The first-order chi connectivity index (χ1) is 11.6. The van der Waals surface area contributed by atoms with Crippen LogP contribution < -0.4 is 10.1 Å². The van der Waals surface area contributed by atoms with Crippen molar-refractivity contribution in [2.45, 2.75) is 51.9 Å². The van der Waals surface area contributed by atoms with E-state index in [1.54, 1.807) is 0 Å². The lowest BCUT2D eigenvalue weighted by molar-refractivity contribution is -0.118. The normalized spacial score (nSPS) is 15.2. The van der Waals surface area contributed by atoms with Gasteiger partial charge in [0.2, 0.25) is 5.13 Å². The summed E-state index contributed by atoms with van der Waals surface area (Å²) in [6.45, 7) is 3.98. The fourth-order valence-corrected chi connectivity index (χ4v) is 3.99. The van der Waals surface area contributed by atoms with Crippen LogP contribution in [0.1, 0.15) is 54.2 Å². The molecule has 3 rings (SSSR count). The first kappa shape index (κ1) is 16.9. The molecule has 0 bridgehead atoms. The fraction of sp³-hybridized carbons (Fsp3) is 0.500.